The molecule has 0 unspecified atom stereocenters. The lowest BCUT2D eigenvalue weighted by Crippen LogP contribution is -2.25. The van der Waals surface area contributed by atoms with Crippen LogP contribution in [0.1, 0.15) is 59.6 Å². The number of nitrogens with zero attached hydrogens (tertiary/aromatic N) is 1. The Balaban J connectivity index is 1.48. The molecule has 0 spiro atoms. The topological polar surface area (TPSA) is 85.5 Å². The maximum atomic E-state index is 12.8. The van der Waals surface area contributed by atoms with Gasteiger partial charge in [-0.2, -0.15) is 5.10 Å². The van der Waals surface area contributed by atoms with Gasteiger partial charge in [0.25, 0.3) is 5.91 Å². The molecule has 1 aromatic heterocycles. The first-order valence-corrected chi connectivity index (χ1v) is 9.54. The van der Waals surface area contributed by atoms with Crippen molar-refractivity contribution in [2.24, 2.45) is 0 Å². The number of methoxy groups -OCH3 is 1. The number of H-pyrrole nitrogens is 1. The summed E-state index contributed by atoms with van der Waals surface area (Å²) in [5, 5.41) is 10.2. The molecule has 7 nitrogen and oxygen atoms in total. The number of rotatable bonds is 5. The summed E-state index contributed by atoms with van der Waals surface area (Å²) in [5.41, 5.74) is 2.44. The summed E-state index contributed by atoms with van der Waals surface area (Å²) in [6, 6.07) is 3.67. The molecule has 1 aliphatic carbocycles. The maximum Gasteiger partial charge on any atom is 0.255 e. The molecule has 0 saturated heterocycles. The van der Waals surface area contributed by atoms with Crippen molar-refractivity contribution < 1.29 is 19.0 Å². The third-order valence-electron chi connectivity index (χ3n) is 5.31. The van der Waals surface area contributed by atoms with Crippen LogP contribution in [0.5, 0.6) is 17.2 Å². The van der Waals surface area contributed by atoms with Gasteiger partial charge in [0.1, 0.15) is 19.0 Å². The molecule has 1 fully saturated rings. The highest BCUT2D eigenvalue weighted by Gasteiger charge is 2.24. The molecule has 1 amide bonds. The van der Waals surface area contributed by atoms with Crippen molar-refractivity contribution in [2.75, 3.05) is 20.3 Å². The molecule has 7 heteroatoms. The Kier molecular flexibility index (Phi) is 5.18. The average Bonchev–Trinajstić information content (AvgIpc) is 3.22. The Hall–Kier alpha value is -2.70. The molecule has 27 heavy (non-hydrogen) atoms. The summed E-state index contributed by atoms with van der Waals surface area (Å²) < 4.78 is 16.7. The molecule has 4 rings (SSSR count). The van der Waals surface area contributed by atoms with Crippen molar-refractivity contribution in [1.82, 2.24) is 15.5 Å². The summed E-state index contributed by atoms with van der Waals surface area (Å²) >= 11 is 0. The summed E-state index contributed by atoms with van der Waals surface area (Å²) in [4.78, 5) is 12.8. The lowest BCUT2D eigenvalue weighted by atomic mass is 9.85. The van der Waals surface area contributed by atoms with Gasteiger partial charge in [-0.25, -0.2) is 0 Å². The predicted molar refractivity (Wildman–Crippen MR) is 99.6 cm³/mol. The van der Waals surface area contributed by atoms with Gasteiger partial charge in [0, 0.05) is 24.1 Å². The van der Waals surface area contributed by atoms with Crippen LogP contribution in [-0.4, -0.2) is 36.4 Å². The highest BCUT2D eigenvalue weighted by Crippen LogP contribution is 2.37. The SMILES string of the molecule is COc1cc2c(cc1CNC(=O)c1cn[nH]c1C1CCCCC1)OCCO2. The lowest BCUT2D eigenvalue weighted by molar-refractivity contribution is 0.0949. The molecule has 1 aromatic carbocycles. The van der Waals surface area contributed by atoms with Gasteiger partial charge < -0.3 is 19.5 Å². The van der Waals surface area contributed by atoms with Crippen molar-refractivity contribution in [1.29, 1.82) is 0 Å². The number of hydrogen-bond donors (Lipinski definition) is 2. The zero-order valence-electron chi connectivity index (χ0n) is 15.5. The first kappa shape index (κ1) is 17.7. The fourth-order valence-electron chi connectivity index (χ4n) is 3.89. The quantitative estimate of drug-likeness (QED) is 0.843. The first-order valence-electron chi connectivity index (χ1n) is 9.54. The second kappa shape index (κ2) is 7.90. The Morgan fingerprint density at radius 2 is 1.96 bits per heavy atom. The standard InChI is InChI=1S/C20H25N3O4/c1-25-16-10-18-17(26-7-8-27-18)9-14(16)11-21-20(24)15-12-22-23-19(15)13-5-3-2-4-6-13/h9-10,12-13H,2-8,11H2,1H3,(H,21,24)(H,22,23). The number of amides is 1. The van der Waals surface area contributed by atoms with Gasteiger partial charge in [-0.1, -0.05) is 19.3 Å². The van der Waals surface area contributed by atoms with Crippen molar-refractivity contribution >= 4 is 5.91 Å². The van der Waals surface area contributed by atoms with E-state index in [-0.39, 0.29) is 5.91 Å². The van der Waals surface area contributed by atoms with Crippen LogP contribution in [0, 0.1) is 0 Å². The molecule has 1 aliphatic heterocycles. The minimum atomic E-state index is -0.124. The summed E-state index contributed by atoms with van der Waals surface area (Å²) in [7, 11) is 1.61. The van der Waals surface area contributed by atoms with Crippen molar-refractivity contribution in [3.63, 3.8) is 0 Å². The zero-order valence-corrected chi connectivity index (χ0v) is 15.5. The predicted octanol–water partition coefficient (Wildman–Crippen LogP) is 3.17. The smallest absolute Gasteiger partial charge is 0.255 e. The molecule has 2 heterocycles. The molecule has 0 radical (unpaired) electrons. The number of hydrogen-bond acceptors (Lipinski definition) is 5. The molecule has 0 atom stereocenters. The number of ether oxygens (including phenoxy) is 3. The summed E-state index contributed by atoms with van der Waals surface area (Å²) in [6.45, 7) is 1.38. The summed E-state index contributed by atoms with van der Waals surface area (Å²) in [5.74, 6) is 2.28. The number of fused-ring (bicyclic) bond motifs is 1. The van der Waals surface area contributed by atoms with E-state index >= 15 is 0 Å². The third-order valence-corrected chi connectivity index (χ3v) is 5.31. The van der Waals surface area contributed by atoms with Gasteiger partial charge in [0.2, 0.25) is 0 Å². The Morgan fingerprint density at radius 1 is 1.22 bits per heavy atom. The second-order valence-electron chi connectivity index (χ2n) is 7.02. The highest BCUT2D eigenvalue weighted by molar-refractivity contribution is 5.95. The van der Waals surface area contributed by atoms with Crippen molar-refractivity contribution in [3.05, 3.63) is 35.2 Å². The largest absolute Gasteiger partial charge is 0.496 e. The van der Waals surface area contributed by atoms with Crippen LogP contribution in [0.15, 0.2) is 18.3 Å². The van der Waals surface area contributed by atoms with E-state index in [4.69, 9.17) is 14.2 Å². The van der Waals surface area contributed by atoms with Crippen LogP contribution in [0.4, 0.5) is 0 Å². The van der Waals surface area contributed by atoms with Gasteiger partial charge in [-0.15, -0.1) is 0 Å². The highest BCUT2D eigenvalue weighted by atomic mass is 16.6. The van der Waals surface area contributed by atoms with E-state index in [1.165, 1.54) is 19.3 Å². The Labute approximate surface area is 158 Å². The van der Waals surface area contributed by atoms with Gasteiger partial charge in [0.05, 0.1) is 24.6 Å². The molecule has 2 N–H and O–H groups in total. The average molecular weight is 371 g/mol. The maximum absolute atomic E-state index is 12.8. The van der Waals surface area contributed by atoms with Crippen LogP contribution in [-0.2, 0) is 6.54 Å². The minimum Gasteiger partial charge on any atom is -0.496 e. The van der Waals surface area contributed by atoms with E-state index in [9.17, 15) is 4.79 Å². The normalized spacial score (nSPS) is 16.8. The van der Waals surface area contributed by atoms with E-state index in [1.54, 1.807) is 19.4 Å². The van der Waals surface area contributed by atoms with E-state index in [0.717, 1.165) is 24.1 Å². The number of benzene rings is 1. The molecule has 144 valence electrons. The van der Waals surface area contributed by atoms with E-state index in [2.05, 4.69) is 15.5 Å². The first-order chi connectivity index (χ1) is 13.3. The van der Waals surface area contributed by atoms with Gasteiger partial charge >= 0.3 is 0 Å². The number of aromatic nitrogens is 2. The zero-order chi connectivity index (χ0) is 18.6. The lowest BCUT2D eigenvalue weighted by Gasteiger charge is -2.22. The van der Waals surface area contributed by atoms with Gasteiger partial charge in [-0.3, -0.25) is 9.89 Å². The van der Waals surface area contributed by atoms with Crippen LogP contribution in [0.3, 0.4) is 0 Å². The monoisotopic (exact) mass is 371 g/mol. The second-order valence-corrected chi connectivity index (χ2v) is 7.02. The number of carbonyl (C=O) groups excluding carboxylic acids is 1. The van der Waals surface area contributed by atoms with Crippen LogP contribution >= 0.6 is 0 Å². The Morgan fingerprint density at radius 3 is 2.70 bits per heavy atom. The van der Waals surface area contributed by atoms with Gasteiger partial charge in [-0.05, 0) is 18.9 Å². The van der Waals surface area contributed by atoms with Crippen molar-refractivity contribution in [2.45, 2.75) is 44.6 Å². The van der Waals surface area contributed by atoms with E-state index < -0.39 is 0 Å². The molecule has 1 saturated carbocycles. The third kappa shape index (κ3) is 3.72. The molecule has 2 aliphatic rings. The van der Waals surface area contributed by atoms with E-state index in [0.29, 0.717) is 48.5 Å². The number of carbonyl (C=O) groups is 1. The van der Waals surface area contributed by atoms with Crippen LogP contribution < -0.4 is 19.5 Å². The fraction of sp³-hybridized carbons (Fsp3) is 0.500. The summed E-state index contributed by atoms with van der Waals surface area (Å²) in [6.07, 6.45) is 7.53. The number of aromatic amines is 1. The van der Waals surface area contributed by atoms with Crippen LogP contribution in [0.25, 0.3) is 0 Å². The fourth-order valence-corrected chi connectivity index (χ4v) is 3.89. The minimum absolute atomic E-state index is 0.124. The molecular weight excluding hydrogens is 346 g/mol. The van der Waals surface area contributed by atoms with Gasteiger partial charge in [0.15, 0.2) is 11.5 Å². The number of nitrogens with one attached hydrogen (secondary N) is 2. The van der Waals surface area contributed by atoms with E-state index in [1.807, 2.05) is 6.07 Å². The Bertz CT molecular complexity index is 812. The molecular formula is C20H25N3O4. The van der Waals surface area contributed by atoms with Crippen molar-refractivity contribution in [3.8, 4) is 17.2 Å². The molecule has 0 bridgehead atoms. The van der Waals surface area contributed by atoms with Crippen LogP contribution in [0.2, 0.25) is 0 Å². The molecule has 2 aromatic rings.